The Morgan fingerprint density at radius 1 is 1.13 bits per heavy atom. The molecule has 0 radical (unpaired) electrons. The SMILES string of the molecule is O=C(C1CCNC1)N1CCN(S(=O)(=O)Cc2ccccc2)CC1. The summed E-state index contributed by atoms with van der Waals surface area (Å²) >= 11 is 0. The number of amides is 1. The van der Waals surface area contributed by atoms with Crippen LogP contribution in [0.4, 0.5) is 0 Å². The van der Waals surface area contributed by atoms with Crippen molar-refractivity contribution >= 4 is 15.9 Å². The average Bonchev–Trinajstić information content (AvgIpc) is 3.09. The van der Waals surface area contributed by atoms with Crippen molar-refractivity contribution in [2.24, 2.45) is 5.92 Å². The van der Waals surface area contributed by atoms with Gasteiger partial charge in [0, 0.05) is 32.7 Å². The fourth-order valence-corrected chi connectivity index (χ4v) is 4.70. The minimum Gasteiger partial charge on any atom is -0.340 e. The molecule has 2 saturated heterocycles. The Balaban J connectivity index is 1.56. The lowest BCUT2D eigenvalue weighted by atomic mass is 10.1. The number of nitrogens with one attached hydrogen (secondary N) is 1. The zero-order valence-electron chi connectivity index (χ0n) is 13.1. The summed E-state index contributed by atoms with van der Waals surface area (Å²) in [5.41, 5.74) is 0.794. The van der Waals surface area contributed by atoms with Crippen molar-refractivity contribution in [3.05, 3.63) is 35.9 Å². The quantitative estimate of drug-likeness (QED) is 0.856. The summed E-state index contributed by atoms with van der Waals surface area (Å²) in [5.74, 6) is 0.242. The Hall–Kier alpha value is -1.44. The molecular formula is C16H23N3O3S. The van der Waals surface area contributed by atoms with Crippen molar-refractivity contribution in [3.63, 3.8) is 0 Å². The average molecular weight is 337 g/mol. The normalized spacial score (nSPS) is 23.1. The number of rotatable bonds is 4. The molecule has 0 aliphatic carbocycles. The van der Waals surface area contributed by atoms with Gasteiger partial charge in [-0.25, -0.2) is 8.42 Å². The maximum absolute atomic E-state index is 12.5. The first-order valence-electron chi connectivity index (χ1n) is 8.07. The zero-order valence-corrected chi connectivity index (χ0v) is 14.0. The Bertz CT molecular complexity index is 634. The van der Waals surface area contributed by atoms with Gasteiger partial charge in [-0.1, -0.05) is 30.3 Å². The van der Waals surface area contributed by atoms with Crippen LogP contribution in [0.5, 0.6) is 0 Å². The zero-order chi connectivity index (χ0) is 16.3. The fraction of sp³-hybridized carbons (Fsp3) is 0.562. The molecule has 0 aromatic heterocycles. The van der Waals surface area contributed by atoms with Crippen molar-refractivity contribution < 1.29 is 13.2 Å². The third-order valence-corrected chi connectivity index (χ3v) is 6.40. The van der Waals surface area contributed by atoms with E-state index in [1.807, 2.05) is 35.2 Å². The van der Waals surface area contributed by atoms with E-state index in [4.69, 9.17) is 0 Å². The second kappa shape index (κ2) is 6.98. The molecule has 2 heterocycles. The summed E-state index contributed by atoms with van der Waals surface area (Å²) in [5, 5.41) is 3.20. The van der Waals surface area contributed by atoms with Crippen LogP contribution < -0.4 is 5.32 Å². The molecule has 7 heteroatoms. The lowest BCUT2D eigenvalue weighted by Gasteiger charge is -2.35. The van der Waals surface area contributed by atoms with Gasteiger partial charge in [0.05, 0.1) is 11.7 Å². The number of sulfonamides is 1. The van der Waals surface area contributed by atoms with E-state index in [0.717, 1.165) is 25.1 Å². The molecule has 1 N–H and O–H groups in total. The molecular weight excluding hydrogens is 314 g/mol. The largest absolute Gasteiger partial charge is 0.340 e. The van der Waals surface area contributed by atoms with E-state index in [1.54, 1.807) is 0 Å². The van der Waals surface area contributed by atoms with Crippen LogP contribution in [0.3, 0.4) is 0 Å². The first-order chi connectivity index (χ1) is 11.1. The predicted octanol–water partition coefficient (Wildman–Crippen LogP) is 0.270. The Morgan fingerprint density at radius 3 is 2.43 bits per heavy atom. The highest BCUT2D eigenvalue weighted by molar-refractivity contribution is 7.88. The predicted molar refractivity (Wildman–Crippen MR) is 88.2 cm³/mol. The highest BCUT2D eigenvalue weighted by Crippen LogP contribution is 2.17. The maximum atomic E-state index is 12.5. The van der Waals surface area contributed by atoms with Crippen LogP contribution in [-0.4, -0.2) is 62.8 Å². The van der Waals surface area contributed by atoms with Gasteiger partial charge in [-0.3, -0.25) is 4.79 Å². The molecule has 0 bridgehead atoms. The van der Waals surface area contributed by atoms with Crippen LogP contribution in [0.25, 0.3) is 0 Å². The maximum Gasteiger partial charge on any atom is 0.227 e. The smallest absolute Gasteiger partial charge is 0.227 e. The number of nitrogens with zero attached hydrogens (tertiary/aromatic N) is 2. The number of hydrogen-bond acceptors (Lipinski definition) is 4. The van der Waals surface area contributed by atoms with Gasteiger partial charge in [0.2, 0.25) is 15.9 Å². The molecule has 126 valence electrons. The second-order valence-electron chi connectivity index (χ2n) is 6.16. The monoisotopic (exact) mass is 337 g/mol. The summed E-state index contributed by atoms with van der Waals surface area (Å²) in [6, 6.07) is 9.21. The molecule has 2 aliphatic heterocycles. The van der Waals surface area contributed by atoms with E-state index in [2.05, 4.69) is 5.32 Å². The van der Waals surface area contributed by atoms with Crippen LogP contribution >= 0.6 is 0 Å². The second-order valence-corrected chi connectivity index (χ2v) is 8.12. The molecule has 1 aromatic carbocycles. The van der Waals surface area contributed by atoms with Gasteiger partial charge in [0.25, 0.3) is 0 Å². The molecule has 1 unspecified atom stereocenters. The van der Waals surface area contributed by atoms with Gasteiger partial charge in [-0.2, -0.15) is 4.31 Å². The van der Waals surface area contributed by atoms with Crippen molar-refractivity contribution in [1.82, 2.24) is 14.5 Å². The summed E-state index contributed by atoms with van der Waals surface area (Å²) in [4.78, 5) is 14.2. The lowest BCUT2D eigenvalue weighted by Crippen LogP contribution is -2.52. The summed E-state index contributed by atoms with van der Waals surface area (Å²) in [6.45, 7) is 3.39. The van der Waals surface area contributed by atoms with Gasteiger partial charge in [0.1, 0.15) is 0 Å². The molecule has 1 aromatic rings. The third kappa shape index (κ3) is 3.91. The fourth-order valence-electron chi connectivity index (χ4n) is 3.19. The standard InChI is InChI=1S/C16H23N3O3S/c20-16(15-6-7-17-12-15)18-8-10-19(11-9-18)23(21,22)13-14-4-2-1-3-5-14/h1-5,15,17H,6-13H2. The van der Waals surface area contributed by atoms with Crippen molar-refractivity contribution in [2.45, 2.75) is 12.2 Å². The van der Waals surface area contributed by atoms with Crippen molar-refractivity contribution in [1.29, 1.82) is 0 Å². The summed E-state index contributed by atoms with van der Waals surface area (Å²) in [7, 11) is -3.32. The summed E-state index contributed by atoms with van der Waals surface area (Å²) in [6.07, 6.45) is 0.880. The van der Waals surface area contributed by atoms with E-state index < -0.39 is 10.0 Å². The molecule has 23 heavy (non-hydrogen) atoms. The number of carbonyl (C=O) groups is 1. The van der Waals surface area contributed by atoms with E-state index in [0.29, 0.717) is 26.2 Å². The minimum atomic E-state index is -3.32. The Morgan fingerprint density at radius 2 is 1.83 bits per heavy atom. The molecule has 3 rings (SSSR count). The number of carbonyl (C=O) groups excluding carboxylic acids is 1. The van der Waals surface area contributed by atoms with E-state index >= 15 is 0 Å². The molecule has 6 nitrogen and oxygen atoms in total. The van der Waals surface area contributed by atoms with Gasteiger partial charge in [-0.05, 0) is 18.5 Å². The highest BCUT2D eigenvalue weighted by Gasteiger charge is 2.32. The molecule has 0 saturated carbocycles. The Kier molecular flexibility index (Phi) is 4.99. The Labute approximate surface area is 137 Å². The van der Waals surface area contributed by atoms with Crippen LogP contribution in [0, 0.1) is 5.92 Å². The van der Waals surface area contributed by atoms with Crippen molar-refractivity contribution in [3.8, 4) is 0 Å². The van der Waals surface area contributed by atoms with Crippen LogP contribution in [0.1, 0.15) is 12.0 Å². The van der Waals surface area contributed by atoms with Crippen LogP contribution in [0.15, 0.2) is 30.3 Å². The van der Waals surface area contributed by atoms with Crippen molar-refractivity contribution in [2.75, 3.05) is 39.3 Å². The van der Waals surface area contributed by atoms with E-state index in [9.17, 15) is 13.2 Å². The van der Waals surface area contributed by atoms with Gasteiger partial charge >= 0.3 is 0 Å². The minimum absolute atomic E-state index is 0.0222. The summed E-state index contributed by atoms with van der Waals surface area (Å²) < 4.78 is 26.5. The third-order valence-electron chi connectivity index (χ3n) is 4.55. The van der Waals surface area contributed by atoms with Gasteiger partial charge < -0.3 is 10.2 Å². The van der Waals surface area contributed by atoms with E-state index in [-0.39, 0.29) is 17.6 Å². The molecule has 1 amide bonds. The number of benzene rings is 1. The number of piperazine rings is 1. The van der Waals surface area contributed by atoms with Crippen LogP contribution in [0.2, 0.25) is 0 Å². The molecule has 1 atom stereocenters. The highest BCUT2D eigenvalue weighted by atomic mass is 32.2. The lowest BCUT2D eigenvalue weighted by molar-refractivity contribution is -0.136. The molecule has 2 fully saturated rings. The number of hydrogen-bond donors (Lipinski definition) is 1. The topological polar surface area (TPSA) is 69.7 Å². The van der Waals surface area contributed by atoms with E-state index in [1.165, 1.54) is 4.31 Å². The molecule has 2 aliphatic rings. The first kappa shape index (κ1) is 16.4. The first-order valence-corrected chi connectivity index (χ1v) is 9.68. The van der Waals surface area contributed by atoms with Gasteiger partial charge in [-0.15, -0.1) is 0 Å². The van der Waals surface area contributed by atoms with Crippen LogP contribution in [-0.2, 0) is 20.6 Å². The van der Waals surface area contributed by atoms with Gasteiger partial charge in [0.15, 0.2) is 0 Å². The molecule has 0 spiro atoms.